The molecule has 0 amide bonds. The van der Waals surface area contributed by atoms with Gasteiger partial charge in [0.15, 0.2) is 0 Å². The molecule has 1 aromatic heterocycles. The summed E-state index contributed by atoms with van der Waals surface area (Å²) in [5, 5.41) is 13.8. The maximum absolute atomic E-state index is 9.40. The fourth-order valence-electron chi connectivity index (χ4n) is 2.55. The predicted molar refractivity (Wildman–Crippen MR) is 84.9 cm³/mol. The SMILES string of the molecule is CCCN(Cc1ccccc1N)c1c(C#N)c(C)nn1C. The first-order valence-corrected chi connectivity index (χ1v) is 7.10. The summed E-state index contributed by atoms with van der Waals surface area (Å²) in [6.45, 7) is 5.51. The van der Waals surface area contributed by atoms with Crippen LogP contribution in [0, 0.1) is 18.3 Å². The lowest BCUT2D eigenvalue weighted by Crippen LogP contribution is -2.27. The quantitative estimate of drug-likeness (QED) is 0.856. The molecule has 0 aliphatic heterocycles. The maximum Gasteiger partial charge on any atom is 0.145 e. The molecule has 0 spiro atoms. The van der Waals surface area contributed by atoms with Crippen LogP contribution < -0.4 is 10.6 Å². The van der Waals surface area contributed by atoms with Crippen LogP contribution in [0.25, 0.3) is 0 Å². The van der Waals surface area contributed by atoms with Gasteiger partial charge >= 0.3 is 0 Å². The first kappa shape index (κ1) is 14.9. The number of nitrogens with two attached hydrogens (primary N) is 1. The van der Waals surface area contributed by atoms with E-state index < -0.39 is 0 Å². The van der Waals surface area contributed by atoms with Crippen molar-refractivity contribution in [2.75, 3.05) is 17.2 Å². The van der Waals surface area contributed by atoms with E-state index in [9.17, 15) is 5.26 Å². The van der Waals surface area contributed by atoms with Gasteiger partial charge in [-0.3, -0.25) is 4.68 Å². The second kappa shape index (κ2) is 6.31. The molecule has 1 heterocycles. The second-order valence-electron chi connectivity index (χ2n) is 5.14. The van der Waals surface area contributed by atoms with Crippen LogP contribution in [0.5, 0.6) is 0 Å². The van der Waals surface area contributed by atoms with Crippen LogP contribution in [0.15, 0.2) is 24.3 Å². The van der Waals surface area contributed by atoms with Crippen molar-refractivity contribution in [1.82, 2.24) is 9.78 Å². The molecular formula is C16H21N5. The standard InChI is InChI=1S/C16H21N5/c1-4-9-21(11-13-7-5-6-8-15(13)18)16-14(10-17)12(2)19-20(16)3/h5-8H,4,9,11,18H2,1-3H3. The Labute approximate surface area is 125 Å². The minimum absolute atomic E-state index is 0.639. The van der Waals surface area contributed by atoms with Crippen molar-refractivity contribution < 1.29 is 0 Å². The van der Waals surface area contributed by atoms with E-state index in [4.69, 9.17) is 5.73 Å². The third kappa shape index (κ3) is 3.00. The van der Waals surface area contributed by atoms with Crippen molar-refractivity contribution in [2.45, 2.75) is 26.8 Å². The molecule has 0 bridgehead atoms. The Hall–Kier alpha value is -2.48. The first-order chi connectivity index (χ1) is 10.1. The zero-order valence-electron chi connectivity index (χ0n) is 12.8. The summed E-state index contributed by atoms with van der Waals surface area (Å²) in [7, 11) is 1.88. The molecule has 0 fully saturated rings. The van der Waals surface area contributed by atoms with E-state index in [1.54, 1.807) is 4.68 Å². The molecule has 21 heavy (non-hydrogen) atoms. The maximum atomic E-state index is 9.40. The summed E-state index contributed by atoms with van der Waals surface area (Å²) in [6.07, 6.45) is 0.988. The molecule has 110 valence electrons. The Morgan fingerprint density at radius 2 is 2.10 bits per heavy atom. The van der Waals surface area contributed by atoms with Crippen LogP contribution in [0.1, 0.15) is 30.2 Å². The van der Waals surface area contributed by atoms with Gasteiger partial charge in [-0.1, -0.05) is 25.1 Å². The highest BCUT2D eigenvalue weighted by atomic mass is 15.4. The molecule has 1 aromatic carbocycles. The van der Waals surface area contributed by atoms with Gasteiger partial charge in [0.2, 0.25) is 0 Å². The van der Waals surface area contributed by atoms with Crippen LogP contribution in [0.4, 0.5) is 11.5 Å². The van der Waals surface area contributed by atoms with Crippen molar-refractivity contribution in [1.29, 1.82) is 5.26 Å². The monoisotopic (exact) mass is 283 g/mol. The van der Waals surface area contributed by atoms with Crippen molar-refractivity contribution in [2.24, 2.45) is 7.05 Å². The summed E-state index contributed by atoms with van der Waals surface area (Å²) >= 11 is 0. The normalized spacial score (nSPS) is 10.4. The van der Waals surface area contributed by atoms with E-state index in [1.165, 1.54) is 0 Å². The minimum atomic E-state index is 0.639. The van der Waals surface area contributed by atoms with E-state index in [1.807, 2.05) is 38.2 Å². The number of nitrogens with zero attached hydrogens (tertiary/aromatic N) is 4. The van der Waals surface area contributed by atoms with E-state index >= 15 is 0 Å². The fraction of sp³-hybridized carbons (Fsp3) is 0.375. The number of para-hydroxylation sites is 1. The predicted octanol–water partition coefficient (Wildman–Crippen LogP) is 2.60. The minimum Gasteiger partial charge on any atom is -0.398 e. The summed E-state index contributed by atoms with van der Waals surface area (Å²) in [6, 6.07) is 10.1. The number of anilines is 2. The van der Waals surface area contributed by atoms with Gasteiger partial charge in [0.05, 0.1) is 5.69 Å². The number of hydrogen-bond acceptors (Lipinski definition) is 4. The summed E-state index contributed by atoms with van der Waals surface area (Å²) in [5.74, 6) is 0.861. The Balaban J connectivity index is 2.41. The van der Waals surface area contributed by atoms with Crippen molar-refractivity contribution >= 4 is 11.5 Å². The van der Waals surface area contributed by atoms with E-state index in [0.29, 0.717) is 12.1 Å². The molecule has 0 aliphatic rings. The lowest BCUT2D eigenvalue weighted by atomic mass is 10.1. The van der Waals surface area contributed by atoms with Gasteiger partial charge in [0.1, 0.15) is 17.5 Å². The third-order valence-electron chi connectivity index (χ3n) is 3.51. The van der Waals surface area contributed by atoms with Gasteiger partial charge < -0.3 is 10.6 Å². The molecule has 0 saturated carbocycles. The van der Waals surface area contributed by atoms with Crippen molar-refractivity contribution in [3.05, 3.63) is 41.1 Å². The Morgan fingerprint density at radius 3 is 2.71 bits per heavy atom. The van der Waals surface area contributed by atoms with Crippen LogP contribution in [-0.4, -0.2) is 16.3 Å². The molecule has 5 heteroatoms. The van der Waals surface area contributed by atoms with Crippen molar-refractivity contribution in [3.63, 3.8) is 0 Å². The van der Waals surface area contributed by atoms with Crippen LogP contribution >= 0.6 is 0 Å². The van der Waals surface area contributed by atoms with Gasteiger partial charge in [-0.2, -0.15) is 10.4 Å². The molecule has 2 N–H and O–H groups in total. The third-order valence-corrected chi connectivity index (χ3v) is 3.51. The molecule has 0 aliphatic carbocycles. The van der Waals surface area contributed by atoms with Crippen LogP contribution in [0.2, 0.25) is 0 Å². The molecule has 2 rings (SSSR count). The second-order valence-corrected chi connectivity index (χ2v) is 5.14. The van der Waals surface area contributed by atoms with E-state index in [0.717, 1.165) is 35.7 Å². The zero-order valence-corrected chi connectivity index (χ0v) is 12.8. The lowest BCUT2D eigenvalue weighted by Gasteiger charge is -2.25. The highest BCUT2D eigenvalue weighted by Gasteiger charge is 2.19. The van der Waals surface area contributed by atoms with Crippen LogP contribution in [-0.2, 0) is 13.6 Å². The molecule has 0 radical (unpaired) electrons. The van der Waals surface area contributed by atoms with Gasteiger partial charge in [-0.15, -0.1) is 0 Å². The lowest BCUT2D eigenvalue weighted by molar-refractivity contribution is 0.685. The van der Waals surface area contributed by atoms with Crippen LogP contribution in [0.3, 0.4) is 0 Å². The number of hydrogen-bond donors (Lipinski definition) is 1. The number of nitrogen functional groups attached to an aromatic ring is 1. The molecular weight excluding hydrogens is 262 g/mol. The molecule has 5 nitrogen and oxygen atoms in total. The number of rotatable bonds is 5. The average Bonchev–Trinajstić information content (AvgIpc) is 2.74. The van der Waals surface area contributed by atoms with Gasteiger partial charge in [-0.05, 0) is 25.0 Å². The number of benzene rings is 1. The summed E-state index contributed by atoms with van der Waals surface area (Å²) in [4.78, 5) is 2.17. The highest BCUT2D eigenvalue weighted by Crippen LogP contribution is 2.25. The molecule has 0 atom stereocenters. The Bertz CT molecular complexity index is 666. The average molecular weight is 283 g/mol. The number of aromatic nitrogens is 2. The Kier molecular flexibility index (Phi) is 4.49. The summed E-state index contributed by atoms with van der Waals surface area (Å²) < 4.78 is 1.78. The Morgan fingerprint density at radius 1 is 1.38 bits per heavy atom. The van der Waals surface area contributed by atoms with E-state index in [-0.39, 0.29) is 0 Å². The molecule has 0 unspecified atom stereocenters. The number of aryl methyl sites for hydroxylation is 2. The van der Waals surface area contributed by atoms with Gasteiger partial charge in [0.25, 0.3) is 0 Å². The zero-order chi connectivity index (χ0) is 15.4. The van der Waals surface area contributed by atoms with Gasteiger partial charge in [0, 0.05) is 25.8 Å². The van der Waals surface area contributed by atoms with Crippen molar-refractivity contribution in [3.8, 4) is 6.07 Å². The summed E-state index contributed by atoms with van der Waals surface area (Å²) in [5.41, 5.74) is 9.28. The fourth-order valence-corrected chi connectivity index (χ4v) is 2.55. The largest absolute Gasteiger partial charge is 0.398 e. The number of nitriles is 1. The smallest absolute Gasteiger partial charge is 0.145 e. The molecule has 2 aromatic rings. The first-order valence-electron chi connectivity index (χ1n) is 7.10. The highest BCUT2D eigenvalue weighted by molar-refractivity contribution is 5.58. The topological polar surface area (TPSA) is 70.9 Å². The van der Waals surface area contributed by atoms with E-state index in [2.05, 4.69) is 23.0 Å². The molecule has 0 saturated heterocycles. The van der Waals surface area contributed by atoms with Gasteiger partial charge in [-0.25, -0.2) is 0 Å².